The second-order valence-electron chi connectivity index (χ2n) is 5.49. The number of nitrogens with one attached hydrogen (secondary N) is 1. The van der Waals surface area contributed by atoms with Crippen LogP contribution in [0.3, 0.4) is 0 Å². The molecule has 1 N–H and O–H groups in total. The summed E-state index contributed by atoms with van der Waals surface area (Å²) in [5.41, 5.74) is 2.55. The summed E-state index contributed by atoms with van der Waals surface area (Å²) in [5.74, 6) is 0.611. The van der Waals surface area contributed by atoms with E-state index in [0.29, 0.717) is 5.56 Å². The highest BCUT2D eigenvalue weighted by Crippen LogP contribution is 2.27. The van der Waals surface area contributed by atoms with Crippen molar-refractivity contribution in [2.24, 2.45) is 0 Å². The van der Waals surface area contributed by atoms with Gasteiger partial charge >= 0.3 is 0 Å². The Morgan fingerprint density at radius 2 is 1.86 bits per heavy atom. The minimum absolute atomic E-state index is 0.115. The van der Waals surface area contributed by atoms with Crippen LogP contribution in [0.4, 0.5) is 4.39 Å². The molecule has 0 bridgehead atoms. The first kappa shape index (κ1) is 15.5. The van der Waals surface area contributed by atoms with E-state index in [0.717, 1.165) is 16.9 Å². The number of rotatable bonds is 5. The van der Waals surface area contributed by atoms with Crippen molar-refractivity contribution >= 4 is 0 Å². The Morgan fingerprint density at radius 1 is 1.10 bits per heavy atom. The normalized spacial score (nSPS) is 12.5. The number of aryl methyl sites for hydroxylation is 1. The van der Waals surface area contributed by atoms with Crippen molar-refractivity contribution < 1.29 is 9.13 Å². The zero-order valence-electron chi connectivity index (χ0n) is 13.0. The van der Waals surface area contributed by atoms with Gasteiger partial charge in [-0.05, 0) is 57.1 Å². The molecule has 1 unspecified atom stereocenters. The zero-order chi connectivity index (χ0) is 15.4. The van der Waals surface area contributed by atoms with Crippen LogP contribution in [0.2, 0.25) is 0 Å². The molecule has 2 nitrogen and oxygen atoms in total. The first-order valence-corrected chi connectivity index (χ1v) is 7.21. The maximum Gasteiger partial charge on any atom is 0.128 e. The third-order valence-corrected chi connectivity index (χ3v) is 3.32. The van der Waals surface area contributed by atoms with Crippen LogP contribution in [0, 0.1) is 12.7 Å². The van der Waals surface area contributed by atoms with E-state index >= 15 is 0 Å². The van der Waals surface area contributed by atoms with Crippen molar-refractivity contribution in [3.63, 3.8) is 0 Å². The standard InChI is InChI=1S/C18H22FNO/c1-12(2)21-15-7-5-6-14(11-15)18(20-4)16-9-8-13(3)10-17(16)19/h5-12,18,20H,1-4H3. The molecule has 0 radical (unpaired) electrons. The molecule has 0 aliphatic heterocycles. The summed E-state index contributed by atoms with van der Waals surface area (Å²) in [6.45, 7) is 5.86. The molecule has 0 aliphatic carbocycles. The second kappa shape index (κ2) is 6.72. The van der Waals surface area contributed by atoms with Gasteiger partial charge in [-0.1, -0.05) is 24.3 Å². The fraction of sp³-hybridized carbons (Fsp3) is 0.333. The summed E-state index contributed by atoms with van der Waals surface area (Å²) in [6, 6.07) is 12.9. The SMILES string of the molecule is CNC(c1cccc(OC(C)C)c1)c1ccc(C)cc1F. The van der Waals surface area contributed by atoms with Gasteiger partial charge in [0.25, 0.3) is 0 Å². The van der Waals surface area contributed by atoms with Crippen molar-refractivity contribution in [2.45, 2.75) is 32.9 Å². The first-order chi connectivity index (χ1) is 10.0. The average molecular weight is 287 g/mol. The summed E-state index contributed by atoms with van der Waals surface area (Å²) in [5, 5.41) is 3.18. The predicted octanol–water partition coefficient (Wildman–Crippen LogP) is 4.23. The van der Waals surface area contributed by atoms with Gasteiger partial charge in [-0.2, -0.15) is 0 Å². The van der Waals surface area contributed by atoms with E-state index in [4.69, 9.17) is 4.74 Å². The number of benzene rings is 2. The minimum Gasteiger partial charge on any atom is -0.491 e. The fourth-order valence-electron chi connectivity index (χ4n) is 2.41. The van der Waals surface area contributed by atoms with Gasteiger partial charge in [0.2, 0.25) is 0 Å². The molecule has 0 aliphatic rings. The Labute approximate surface area is 126 Å². The van der Waals surface area contributed by atoms with E-state index in [1.54, 1.807) is 6.07 Å². The van der Waals surface area contributed by atoms with Crippen LogP contribution in [0.1, 0.15) is 36.6 Å². The van der Waals surface area contributed by atoms with E-state index in [1.165, 1.54) is 0 Å². The minimum atomic E-state index is -0.193. The van der Waals surface area contributed by atoms with E-state index in [9.17, 15) is 4.39 Å². The third kappa shape index (κ3) is 3.82. The van der Waals surface area contributed by atoms with Crippen LogP contribution < -0.4 is 10.1 Å². The summed E-state index contributed by atoms with van der Waals surface area (Å²) in [6.07, 6.45) is 0.115. The molecule has 2 rings (SSSR count). The van der Waals surface area contributed by atoms with Crippen LogP contribution in [0.5, 0.6) is 5.75 Å². The van der Waals surface area contributed by atoms with Crippen molar-refractivity contribution in [2.75, 3.05) is 7.05 Å². The third-order valence-electron chi connectivity index (χ3n) is 3.32. The lowest BCUT2D eigenvalue weighted by atomic mass is 9.97. The summed E-state index contributed by atoms with van der Waals surface area (Å²) >= 11 is 0. The van der Waals surface area contributed by atoms with Gasteiger partial charge in [0.05, 0.1) is 12.1 Å². The largest absolute Gasteiger partial charge is 0.491 e. The summed E-state index contributed by atoms with van der Waals surface area (Å²) in [4.78, 5) is 0. The molecule has 0 heterocycles. The molecule has 1 atom stereocenters. The molecular formula is C18H22FNO. The van der Waals surface area contributed by atoms with Gasteiger partial charge in [0.1, 0.15) is 11.6 Å². The van der Waals surface area contributed by atoms with E-state index in [1.807, 2.05) is 64.2 Å². The van der Waals surface area contributed by atoms with Gasteiger partial charge < -0.3 is 10.1 Å². The molecule has 112 valence electrons. The van der Waals surface area contributed by atoms with E-state index in [-0.39, 0.29) is 18.0 Å². The van der Waals surface area contributed by atoms with Gasteiger partial charge in [0.15, 0.2) is 0 Å². The van der Waals surface area contributed by atoms with E-state index < -0.39 is 0 Å². The topological polar surface area (TPSA) is 21.3 Å². The Bertz CT molecular complexity index is 610. The summed E-state index contributed by atoms with van der Waals surface area (Å²) in [7, 11) is 1.83. The van der Waals surface area contributed by atoms with Gasteiger partial charge in [-0.3, -0.25) is 0 Å². The van der Waals surface area contributed by atoms with E-state index in [2.05, 4.69) is 5.32 Å². The maximum atomic E-state index is 14.2. The quantitative estimate of drug-likeness (QED) is 0.888. The Morgan fingerprint density at radius 3 is 2.48 bits per heavy atom. The molecule has 0 aromatic heterocycles. The Hall–Kier alpha value is -1.87. The monoisotopic (exact) mass is 287 g/mol. The number of hydrogen-bond donors (Lipinski definition) is 1. The zero-order valence-corrected chi connectivity index (χ0v) is 13.0. The summed E-state index contributed by atoms with van der Waals surface area (Å²) < 4.78 is 19.9. The molecule has 0 spiro atoms. The van der Waals surface area contributed by atoms with Crippen LogP contribution >= 0.6 is 0 Å². The lowest BCUT2D eigenvalue weighted by molar-refractivity contribution is 0.242. The molecule has 3 heteroatoms. The van der Waals surface area contributed by atoms with Crippen molar-refractivity contribution in [3.05, 3.63) is 65.0 Å². The molecule has 0 amide bonds. The molecular weight excluding hydrogens is 265 g/mol. The average Bonchev–Trinajstić information content (AvgIpc) is 2.41. The molecule has 2 aromatic rings. The van der Waals surface area contributed by atoms with Crippen molar-refractivity contribution in [1.82, 2.24) is 5.32 Å². The highest BCUT2D eigenvalue weighted by Gasteiger charge is 2.16. The fourth-order valence-corrected chi connectivity index (χ4v) is 2.41. The molecule has 0 fully saturated rings. The van der Waals surface area contributed by atoms with Gasteiger partial charge in [-0.25, -0.2) is 4.39 Å². The molecule has 21 heavy (non-hydrogen) atoms. The highest BCUT2D eigenvalue weighted by atomic mass is 19.1. The predicted molar refractivity (Wildman–Crippen MR) is 84.2 cm³/mol. The van der Waals surface area contributed by atoms with Crippen molar-refractivity contribution in [1.29, 1.82) is 0 Å². The van der Waals surface area contributed by atoms with Crippen LogP contribution in [-0.4, -0.2) is 13.2 Å². The van der Waals surface area contributed by atoms with Gasteiger partial charge in [-0.15, -0.1) is 0 Å². The smallest absolute Gasteiger partial charge is 0.128 e. The number of hydrogen-bond acceptors (Lipinski definition) is 2. The lowest BCUT2D eigenvalue weighted by Crippen LogP contribution is -2.19. The second-order valence-corrected chi connectivity index (χ2v) is 5.49. The highest BCUT2D eigenvalue weighted by molar-refractivity contribution is 5.38. The maximum absolute atomic E-state index is 14.2. The Balaban J connectivity index is 2.37. The first-order valence-electron chi connectivity index (χ1n) is 7.21. The lowest BCUT2D eigenvalue weighted by Gasteiger charge is -2.19. The molecule has 0 saturated heterocycles. The molecule has 2 aromatic carbocycles. The number of halogens is 1. The molecule has 0 saturated carbocycles. The Kier molecular flexibility index (Phi) is 4.97. The van der Waals surface area contributed by atoms with Gasteiger partial charge in [0, 0.05) is 5.56 Å². The number of ether oxygens (including phenoxy) is 1. The van der Waals surface area contributed by atoms with Crippen LogP contribution in [-0.2, 0) is 0 Å². The van der Waals surface area contributed by atoms with Crippen LogP contribution in [0.25, 0.3) is 0 Å². The van der Waals surface area contributed by atoms with Crippen molar-refractivity contribution in [3.8, 4) is 5.75 Å². The van der Waals surface area contributed by atoms with Crippen LogP contribution in [0.15, 0.2) is 42.5 Å².